The molecule has 0 radical (unpaired) electrons. The van der Waals surface area contributed by atoms with Crippen LogP contribution in [0.1, 0.15) is 17.0 Å². The molecule has 3 heterocycles. The van der Waals surface area contributed by atoms with Crippen LogP contribution >= 0.6 is 36.6 Å². The van der Waals surface area contributed by atoms with Crippen LogP contribution in [0.25, 0.3) is 16.4 Å². The van der Waals surface area contributed by atoms with Gasteiger partial charge < -0.3 is 5.32 Å². The largest absolute Gasteiger partial charge is 0.363 e. The Balaban J connectivity index is 0.00000113. The van der Waals surface area contributed by atoms with Crippen LogP contribution in [0.4, 0.5) is 0 Å². The van der Waals surface area contributed by atoms with Gasteiger partial charge in [0.25, 0.3) is 0 Å². The summed E-state index contributed by atoms with van der Waals surface area (Å²) >= 11 is 1.82. The topological polar surface area (TPSA) is 41.7 Å². The fourth-order valence-electron chi connectivity index (χ4n) is 3.34. The highest BCUT2D eigenvalue weighted by Crippen LogP contribution is 2.30. The van der Waals surface area contributed by atoms with Crippen LogP contribution in [0.3, 0.4) is 0 Å². The molecule has 4 rings (SSSR count). The molecule has 0 saturated heterocycles. The summed E-state index contributed by atoms with van der Waals surface area (Å²) in [7, 11) is 0. The summed E-state index contributed by atoms with van der Waals surface area (Å²) in [5.74, 6) is 2.08. The smallest absolute Gasteiger partial charge is 0.156 e. The standard InChI is InChI=1S/C18H20N4S.2ClH/c1-12-11-21-13(2)22-16-6-4-3-5-14(16)15(17(12)22)7-10-23-18-19-8-9-20-18;;/h3-6,11H,7-10H2,1-2H3,(H,19,20);2*1H. The predicted molar refractivity (Wildman–Crippen MR) is 113 cm³/mol. The molecule has 0 fully saturated rings. The highest BCUT2D eigenvalue weighted by molar-refractivity contribution is 8.13. The maximum absolute atomic E-state index is 4.54. The van der Waals surface area contributed by atoms with E-state index in [-0.39, 0.29) is 24.8 Å². The van der Waals surface area contributed by atoms with Crippen LogP contribution in [0.2, 0.25) is 0 Å². The van der Waals surface area contributed by atoms with E-state index in [0.29, 0.717) is 0 Å². The van der Waals surface area contributed by atoms with Crippen molar-refractivity contribution in [1.29, 1.82) is 0 Å². The van der Waals surface area contributed by atoms with E-state index < -0.39 is 0 Å². The van der Waals surface area contributed by atoms with Gasteiger partial charge in [0.1, 0.15) is 5.82 Å². The number of aromatic nitrogens is 2. The summed E-state index contributed by atoms with van der Waals surface area (Å²) in [5.41, 5.74) is 5.24. The maximum Gasteiger partial charge on any atom is 0.156 e. The summed E-state index contributed by atoms with van der Waals surface area (Å²) < 4.78 is 2.30. The molecule has 7 heteroatoms. The molecule has 0 bridgehead atoms. The maximum atomic E-state index is 4.54. The lowest BCUT2D eigenvalue weighted by Gasteiger charge is -2.06. The van der Waals surface area contributed by atoms with Crippen molar-refractivity contribution in [2.45, 2.75) is 20.3 Å². The first-order chi connectivity index (χ1) is 11.3. The molecule has 4 nitrogen and oxygen atoms in total. The Morgan fingerprint density at radius 1 is 1.20 bits per heavy atom. The Kier molecular flexibility index (Phi) is 6.60. The highest BCUT2D eigenvalue weighted by atomic mass is 35.5. The van der Waals surface area contributed by atoms with Crippen molar-refractivity contribution < 1.29 is 0 Å². The van der Waals surface area contributed by atoms with Crippen molar-refractivity contribution in [2.75, 3.05) is 18.8 Å². The number of fused-ring (bicyclic) bond motifs is 3. The van der Waals surface area contributed by atoms with Gasteiger partial charge in [0.2, 0.25) is 0 Å². The molecule has 3 aromatic rings. The number of rotatable bonds is 3. The fraction of sp³-hybridized carbons (Fsp3) is 0.333. The quantitative estimate of drug-likeness (QED) is 0.721. The van der Waals surface area contributed by atoms with Crippen LogP contribution < -0.4 is 5.32 Å². The van der Waals surface area contributed by atoms with Crippen molar-refractivity contribution in [3.8, 4) is 0 Å². The van der Waals surface area contributed by atoms with Gasteiger partial charge in [0, 0.05) is 23.9 Å². The minimum Gasteiger partial charge on any atom is -0.363 e. The van der Waals surface area contributed by atoms with E-state index in [2.05, 4.69) is 57.8 Å². The fourth-order valence-corrected chi connectivity index (χ4v) is 4.23. The average molecular weight is 397 g/mol. The number of aryl methyl sites for hydroxylation is 3. The molecular formula is C18H22Cl2N4S. The predicted octanol–water partition coefficient (Wildman–Crippen LogP) is 4.18. The van der Waals surface area contributed by atoms with Gasteiger partial charge >= 0.3 is 0 Å². The molecule has 1 aromatic carbocycles. The monoisotopic (exact) mass is 396 g/mol. The van der Waals surface area contributed by atoms with Crippen molar-refractivity contribution in [3.63, 3.8) is 0 Å². The first-order valence-corrected chi connectivity index (χ1v) is 8.99. The molecule has 0 amide bonds. The lowest BCUT2D eigenvalue weighted by atomic mass is 10.1. The molecular weight excluding hydrogens is 375 g/mol. The third-order valence-corrected chi connectivity index (χ3v) is 5.31. The summed E-state index contributed by atoms with van der Waals surface area (Å²) in [5, 5.41) is 5.76. The molecule has 0 atom stereocenters. The number of halogens is 2. The summed E-state index contributed by atoms with van der Waals surface area (Å²) in [6, 6.07) is 8.65. The first-order valence-electron chi connectivity index (χ1n) is 8.01. The van der Waals surface area contributed by atoms with Gasteiger partial charge in [-0.05, 0) is 37.5 Å². The molecule has 1 N–H and O–H groups in total. The molecule has 0 saturated carbocycles. The Morgan fingerprint density at radius 2 is 2.00 bits per heavy atom. The SMILES string of the molecule is Cc1cnc(C)n2c1c(CCSC1=NCCN1)c1ccccc12.Cl.Cl. The van der Waals surface area contributed by atoms with Crippen molar-refractivity contribution >= 4 is 58.2 Å². The third-order valence-electron chi connectivity index (χ3n) is 4.36. The summed E-state index contributed by atoms with van der Waals surface area (Å²) in [4.78, 5) is 9.01. The zero-order chi connectivity index (χ0) is 15.8. The average Bonchev–Trinajstić information content (AvgIpc) is 3.18. The second-order valence-corrected chi connectivity index (χ2v) is 6.96. The number of hydrogen-bond donors (Lipinski definition) is 1. The van der Waals surface area contributed by atoms with E-state index in [1.165, 1.54) is 27.5 Å². The number of hydrogen-bond acceptors (Lipinski definition) is 4. The van der Waals surface area contributed by atoms with E-state index in [9.17, 15) is 0 Å². The zero-order valence-electron chi connectivity index (χ0n) is 14.3. The van der Waals surface area contributed by atoms with Crippen LogP contribution in [-0.2, 0) is 6.42 Å². The molecule has 25 heavy (non-hydrogen) atoms. The van der Waals surface area contributed by atoms with Gasteiger partial charge in [-0.15, -0.1) is 24.8 Å². The van der Waals surface area contributed by atoms with Gasteiger partial charge in [-0.2, -0.15) is 0 Å². The van der Waals surface area contributed by atoms with Gasteiger partial charge in [-0.3, -0.25) is 9.39 Å². The van der Waals surface area contributed by atoms with Crippen LogP contribution in [-0.4, -0.2) is 33.4 Å². The van der Waals surface area contributed by atoms with E-state index in [1.807, 2.05) is 18.0 Å². The van der Waals surface area contributed by atoms with Gasteiger partial charge in [-0.1, -0.05) is 30.0 Å². The van der Waals surface area contributed by atoms with Gasteiger partial charge in [0.05, 0.1) is 17.6 Å². The Hall–Kier alpha value is -1.43. The van der Waals surface area contributed by atoms with Crippen molar-refractivity contribution in [1.82, 2.24) is 14.7 Å². The molecule has 134 valence electrons. The number of amidine groups is 1. The van der Waals surface area contributed by atoms with Crippen molar-refractivity contribution in [2.24, 2.45) is 4.99 Å². The van der Waals surface area contributed by atoms with E-state index >= 15 is 0 Å². The van der Waals surface area contributed by atoms with Crippen LogP contribution in [0, 0.1) is 13.8 Å². The Bertz CT molecular complexity index is 920. The highest BCUT2D eigenvalue weighted by Gasteiger charge is 2.15. The third kappa shape index (κ3) is 3.59. The van der Waals surface area contributed by atoms with Gasteiger partial charge in [-0.25, -0.2) is 4.98 Å². The van der Waals surface area contributed by atoms with Crippen LogP contribution in [0.5, 0.6) is 0 Å². The minimum atomic E-state index is 0. The lowest BCUT2D eigenvalue weighted by Crippen LogP contribution is -2.15. The second-order valence-electron chi connectivity index (χ2n) is 5.88. The molecule has 1 aliphatic rings. The number of benzene rings is 1. The molecule has 0 spiro atoms. The van der Waals surface area contributed by atoms with Crippen molar-refractivity contribution in [3.05, 3.63) is 47.4 Å². The number of thioether (sulfide) groups is 1. The number of nitrogens with zero attached hydrogens (tertiary/aromatic N) is 3. The van der Waals surface area contributed by atoms with Gasteiger partial charge in [0.15, 0.2) is 5.17 Å². The second kappa shape index (κ2) is 8.30. The molecule has 0 aliphatic carbocycles. The number of aliphatic imine (C=N–C) groups is 1. The first kappa shape index (κ1) is 19.9. The number of nitrogens with one attached hydrogen (secondary N) is 1. The Labute approximate surface area is 164 Å². The molecule has 2 aromatic heterocycles. The summed E-state index contributed by atoms with van der Waals surface area (Å²) in [6.07, 6.45) is 3.02. The summed E-state index contributed by atoms with van der Waals surface area (Å²) in [6.45, 7) is 6.11. The van der Waals surface area contributed by atoms with E-state index in [1.54, 1.807) is 0 Å². The van der Waals surface area contributed by atoms with E-state index in [0.717, 1.165) is 36.3 Å². The van der Waals surface area contributed by atoms with Crippen LogP contribution in [0.15, 0.2) is 35.5 Å². The molecule has 0 unspecified atom stereocenters. The Morgan fingerprint density at radius 3 is 2.76 bits per heavy atom. The minimum absolute atomic E-state index is 0. The normalized spacial score (nSPS) is 13.3. The molecule has 1 aliphatic heterocycles. The number of para-hydroxylation sites is 1. The lowest BCUT2D eigenvalue weighted by molar-refractivity contribution is 0.963. The zero-order valence-corrected chi connectivity index (χ0v) is 16.7. The van der Waals surface area contributed by atoms with E-state index in [4.69, 9.17) is 0 Å².